The van der Waals surface area contributed by atoms with Crippen LogP contribution in [0.5, 0.6) is 0 Å². The first-order valence-corrected chi connectivity index (χ1v) is 9.69. The van der Waals surface area contributed by atoms with Gasteiger partial charge in [-0.05, 0) is 47.1 Å². The predicted octanol–water partition coefficient (Wildman–Crippen LogP) is 6.02. The maximum absolute atomic E-state index is 3.82. The number of rotatable bonds is 3. The van der Waals surface area contributed by atoms with Crippen molar-refractivity contribution in [2.75, 3.05) is 0 Å². The van der Waals surface area contributed by atoms with Gasteiger partial charge in [0, 0.05) is 16.7 Å². The van der Waals surface area contributed by atoms with Gasteiger partial charge >= 0.3 is 0 Å². The maximum Gasteiger partial charge on any atom is 0.0183 e. The zero-order chi connectivity index (χ0) is 17.2. The van der Waals surface area contributed by atoms with E-state index in [4.69, 9.17) is 0 Å². The molecule has 4 unspecified atom stereocenters. The van der Waals surface area contributed by atoms with Crippen LogP contribution in [0, 0.1) is 17.4 Å². The third-order valence-corrected chi connectivity index (χ3v) is 7.12. The molecular weight excluding hydrogens is 312 g/mol. The lowest BCUT2D eigenvalue weighted by Gasteiger charge is -2.27. The summed E-state index contributed by atoms with van der Waals surface area (Å²) < 4.78 is 0. The van der Waals surface area contributed by atoms with Gasteiger partial charge in [-0.1, -0.05) is 91.0 Å². The second-order valence-corrected chi connectivity index (χ2v) is 7.96. The van der Waals surface area contributed by atoms with Gasteiger partial charge in [0.15, 0.2) is 0 Å². The molecule has 0 amide bonds. The van der Waals surface area contributed by atoms with Gasteiger partial charge in [0.1, 0.15) is 0 Å². The predicted molar refractivity (Wildman–Crippen MR) is 106 cm³/mol. The normalized spacial score (nSPS) is 33.6. The number of hydrogen-bond acceptors (Lipinski definition) is 0. The van der Waals surface area contributed by atoms with Gasteiger partial charge in [-0.3, -0.25) is 0 Å². The lowest BCUT2D eigenvalue weighted by Crippen LogP contribution is -2.18. The number of allylic oxidation sites excluding steroid dienone is 2. The first-order valence-electron chi connectivity index (χ1n) is 9.69. The highest BCUT2D eigenvalue weighted by Gasteiger charge is 2.98. The summed E-state index contributed by atoms with van der Waals surface area (Å²) in [5, 5.41) is 0. The Labute approximate surface area is 155 Å². The first-order chi connectivity index (χ1) is 12.9. The minimum absolute atomic E-state index is 0.259. The molecule has 3 aliphatic rings. The summed E-state index contributed by atoms with van der Waals surface area (Å²) in [4.78, 5) is 0. The Balaban J connectivity index is 1.56. The molecule has 0 heterocycles. The third kappa shape index (κ3) is 1.53. The Kier molecular flexibility index (Phi) is 2.79. The average molecular weight is 333 g/mol. The van der Waals surface area contributed by atoms with E-state index >= 15 is 0 Å². The second-order valence-electron chi connectivity index (χ2n) is 7.96. The Morgan fingerprint density at radius 3 is 2.00 bits per heavy atom. The molecule has 0 nitrogen and oxygen atoms in total. The molecule has 2 fully saturated rings. The van der Waals surface area contributed by atoms with E-state index in [1.807, 2.05) is 0 Å². The molecule has 0 heteroatoms. The van der Waals surface area contributed by atoms with Crippen LogP contribution in [0.2, 0.25) is 0 Å². The van der Waals surface area contributed by atoms with E-state index in [-0.39, 0.29) is 10.8 Å². The van der Waals surface area contributed by atoms with Gasteiger partial charge in [-0.15, -0.1) is 0 Å². The van der Waals surface area contributed by atoms with Crippen molar-refractivity contribution in [2.45, 2.75) is 24.2 Å². The lowest BCUT2D eigenvalue weighted by molar-refractivity contribution is 0.441. The fraction of sp³-hybridized carbons (Fsp3) is 0.231. The average Bonchev–Trinajstić information content (AvgIpc) is 3.55. The van der Waals surface area contributed by atoms with Crippen molar-refractivity contribution in [3.05, 3.63) is 114 Å². The van der Waals surface area contributed by atoms with Crippen molar-refractivity contribution in [3.63, 3.8) is 0 Å². The number of benzene rings is 3. The van der Waals surface area contributed by atoms with E-state index in [1.54, 1.807) is 0 Å². The van der Waals surface area contributed by atoms with Crippen LogP contribution in [0.1, 0.15) is 35.4 Å². The van der Waals surface area contributed by atoms with Crippen molar-refractivity contribution >= 4 is 5.57 Å². The Morgan fingerprint density at radius 2 is 1.31 bits per heavy atom. The van der Waals surface area contributed by atoms with Crippen LogP contribution in [0.25, 0.3) is 5.57 Å². The van der Waals surface area contributed by atoms with E-state index in [1.165, 1.54) is 28.7 Å². The Morgan fingerprint density at radius 1 is 0.692 bits per heavy atom. The van der Waals surface area contributed by atoms with E-state index in [2.05, 4.69) is 97.1 Å². The fourth-order valence-electron chi connectivity index (χ4n) is 6.33. The molecule has 4 atom stereocenters. The molecule has 26 heavy (non-hydrogen) atoms. The molecule has 0 aromatic heterocycles. The molecule has 0 N–H and O–H groups in total. The molecule has 0 bridgehead atoms. The zero-order valence-electron chi connectivity index (χ0n) is 14.7. The topological polar surface area (TPSA) is 0 Å². The molecule has 3 aromatic rings. The first kappa shape index (κ1) is 14.6. The molecule has 3 aliphatic carbocycles. The van der Waals surface area contributed by atoms with Gasteiger partial charge < -0.3 is 0 Å². The van der Waals surface area contributed by atoms with Crippen LogP contribution in [-0.2, 0) is 5.41 Å². The smallest absolute Gasteiger partial charge is 0.0183 e. The van der Waals surface area contributed by atoms with Crippen molar-refractivity contribution in [3.8, 4) is 0 Å². The Hall–Kier alpha value is -2.60. The van der Waals surface area contributed by atoms with Crippen LogP contribution in [0.3, 0.4) is 0 Å². The van der Waals surface area contributed by atoms with E-state index in [0.29, 0.717) is 5.92 Å². The fourth-order valence-corrected chi connectivity index (χ4v) is 6.33. The minimum Gasteiger partial charge on any atom is -0.0622 e. The second kappa shape index (κ2) is 4.98. The number of fused-ring (bicyclic) bond motifs is 1. The summed E-state index contributed by atoms with van der Waals surface area (Å²) in [6.07, 6.45) is 6.18. The summed E-state index contributed by atoms with van der Waals surface area (Å²) in [6, 6.07) is 33.4. The highest BCUT2D eigenvalue weighted by molar-refractivity contribution is 5.88. The zero-order valence-corrected chi connectivity index (χ0v) is 14.7. The van der Waals surface area contributed by atoms with Crippen molar-refractivity contribution in [2.24, 2.45) is 11.3 Å². The molecule has 1 spiro atoms. The van der Waals surface area contributed by atoms with Gasteiger partial charge in [-0.2, -0.15) is 0 Å². The van der Waals surface area contributed by atoms with Crippen molar-refractivity contribution < 1.29 is 0 Å². The van der Waals surface area contributed by atoms with Crippen LogP contribution in [0.15, 0.2) is 91.0 Å². The van der Waals surface area contributed by atoms with Crippen LogP contribution < -0.4 is 0 Å². The molecule has 1 radical (unpaired) electrons. The van der Waals surface area contributed by atoms with Gasteiger partial charge in [0.25, 0.3) is 0 Å². The van der Waals surface area contributed by atoms with Crippen molar-refractivity contribution in [1.82, 2.24) is 0 Å². The maximum atomic E-state index is 3.82. The molecule has 2 saturated carbocycles. The van der Waals surface area contributed by atoms with E-state index in [0.717, 1.165) is 12.3 Å². The molecule has 3 aromatic carbocycles. The summed E-state index contributed by atoms with van der Waals surface area (Å²) in [5.74, 6) is 1.35. The minimum atomic E-state index is 0.259. The monoisotopic (exact) mass is 333 g/mol. The van der Waals surface area contributed by atoms with Gasteiger partial charge in [-0.25, -0.2) is 0 Å². The SMILES string of the molecule is [C]1=C(c2ccccc2)C23C(CC1)C2(c1ccccc1)C3c1ccccc1. The highest BCUT2D eigenvalue weighted by atomic mass is 15.0. The summed E-state index contributed by atoms with van der Waals surface area (Å²) in [7, 11) is 0. The third-order valence-electron chi connectivity index (χ3n) is 7.12. The highest BCUT2D eigenvalue weighted by Crippen LogP contribution is 3.01. The molecule has 0 saturated heterocycles. The van der Waals surface area contributed by atoms with Crippen LogP contribution in [-0.4, -0.2) is 0 Å². The van der Waals surface area contributed by atoms with E-state index < -0.39 is 0 Å². The summed E-state index contributed by atoms with van der Waals surface area (Å²) in [5.41, 5.74) is 6.40. The van der Waals surface area contributed by atoms with E-state index in [9.17, 15) is 0 Å². The lowest BCUT2D eigenvalue weighted by atomic mass is 9.75. The quantitative estimate of drug-likeness (QED) is 0.550. The largest absolute Gasteiger partial charge is 0.0622 e. The van der Waals surface area contributed by atoms with Crippen LogP contribution >= 0.6 is 0 Å². The van der Waals surface area contributed by atoms with Gasteiger partial charge in [0.05, 0.1) is 0 Å². The molecule has 0 aliphatic heterocycles. The number of hydrogen-bond donors (Lipinski definition) is 0. The van der Waals surface area contributed by atoms with Gasteiger partial charge in [0.2, 0.25) is 0 Å². The molecule has 6 rings (SSSR count). The standard InChI is InChI=1S/C26H21/c1-4-11-19(12-5-1)22-17-10-18-23-25(21-15-8-3-9-16-21)24(26(22,23)25)20-13-6-2-7-14-20/h1-9,11-16,23-24H,10,18H2. The molecular formula is C26H21. The van der Waals surface area contributed by atoms with Crippen LogP contribution in [0.4, 0.5) is 0 Å². The molecule has 125 valence electrons. The Bertz CT molecular complexity index is 986. The summed E-state index contributed by atoms with van der Waals surface area (Å²) >= 11 is 0. The van der Waals surface area contributed by atoms with Crippen molar-refractivity contribution in [1.29, 1.82) is 0 Å². The summed E-state index contributed by atoms with van der Waals surface area (Å²) in [6.45, 7) is 0.